The van der Waals surface area contributed by atoms with E-state index in [4.69, 9.17) is 10.4 Å². The minimum Gasteiger partial charge on any atom is -0.337 e. The van der Waals surface area contributed by atoms with Crippen molar-refractivity contribution < 1.29 is 4.79 Å². The maximum atomic E-state index is 13.3. The molecule has 0 fully saturated rings. The summed E-state index contributed by atoms with van der Waals surface area (Å²) >= 11 is 1.57. The number of amides is 1. The number of benzene rings is 2. The van der Waals surface area contributed by atoms with Gasteiger partial charge in [-0.1, -0.05) is 48.5 Å². The van der Waals surface area contributed by atoms with E-state index >= 15 is 0 Å². The minimum absolute atomic E-state index is 0.0972. The second kappa shape index (κ2) is 8.76. The Hall–Kier alpha value is -3.69. The molecule has 0 spiro atoms. The Morgan fingerprint density at radius 2 is 1.90 bits per heavy atom. The van der Waals surface area contributed by atoms with E-state index in [-0.39, 0.29) is 5.91 Å². The second-order valence-electron chi connectivity index (χ2n) is 7.03. The molecule has 0 saturated carbocycles. The van der Waals surface area contributed by atoms with Gasteiger partial charge in [-0.15, -0.1) is 11.3 Å². The van der Waals surface area contributed by atoms with E-state index in [2.05, 4.69) is 6.07 Å². The fraction of sp³-hybridized carbons (Fsp3) is 0.125. The van der Waals surface area contributed by atoms with Crippen molar-refractivity contribution in [3.05, 3.63) is 101 Å². The first kappa shape index (κ1) is 19.6. The zero-order chi connectivity index (χ0) is 20.9. The first-order chi connectivity index (χ1) is 14.6. The molecule has 0 N–H and O–H groups in total. The lowest BCUT2D eigenvalue weighted by Crippen LogP contribution is -2.26. The summed E-state index contributed by atoms with van der Waals surface area (Å²) in [5.41, 5.74) is 3.90. The van der Waals surface area contributed by atoms with Crippen LogP contribution in [-0.2, 0) is 13.1 Å². The molecule has 0 radical (unpaired) electrons. The van der Waals surface area contributed by atoms with E-state index in [9.17, 15) is 4.79 Å². The number of carbonyl (C=O) groups excluding carboxylic acids is 1. The molecule has 1 amide bonds. The molecule has 0 aliphatic heterocycles. The highest BCUT2D eigenvalue weighted by Crippen LogP contribution is 2.28. The maximum absolute atomic E-state index is 13.3. The Bertz CT molecular complexity index is 1190. The van der Waals surface area contributed by atoms with Gasteiger partial charge in [-0.25, -0.2) is 0 Å². The van der Waals surface area contributed by atoms with Crippen molar-refractivity contribution in [2.24, 2.45) is 0 Å². The quantitative estimate of drug-likeness (QED) is 0.457. The van der Waals surface area contributed by atoms with Gasteiger partial charge in [-0.3, -0.25) is 9.48 Å². The molecule has 0 atom stereocenters. The molecule has 2 aromatic heterocycles. The Morgan fingerprint density at radius 1 is 1.10 bits per heavy atom. The number of hydrogen-bond acceptors (Lipinski definition) is 4. The number of rotatable bonds is 6. The molecule has 4 aromatic rings. The predicted molar refractivity (Wildman–Crippen MR) is 118 cm³/mol. The van der Waals surface area contributed by atoms with Crippen molar-refractivity contribution >= 4 is 17.2 Å². The summed E-state index contributed by atoms with van der Waals surface area (Å²) in [5.74, 6) is -0.0972. The van der Waals surface area contributed by atoms with Crippen molar-refractivity contribution in [2.75, 3.05) is 7.05 Å². The monoisotopic (exact) mass is 412 g/mol. The Labute approximate surface area is 179 Å². The van der Waals surface area contributed by atoms with Crippen LogP contribution in [0.15, 0.2) is 78.3 Å². The SMILES string of the molecule is CN(Cc1cccc(C#N)c1)C(=O)c1cn(Cc2ccccc2)nc1-c1cccs1. The van der Waals surface area contributed by atoms with Gasteiger partial charge in [0.1, 0.15) is 5.69 Å². The van der Waals surface area contributed by atoms with E-state index in [0.29, 0.717) is 29.9 Å². The molecular weight excluding hydrogens is 392 g/mol. The lowest BCUT2D eigenvalue weighted by molar-refractivity contribution is 0.0785. The Balaban J connectivity index is 1.62. The van der Waals surface area contributed by atoms with E-state index in [0.717, 1.165) is 16.0 Å². The smallest absolute Gasteiger partial charge is 0.257 e. The molecule has 2 heterocycles. The van der Waals surface area contributed by atoms with E-state index in [1.54, 1.807) is 29.4 Å². The predicted octanol–water partition coefficient (Wildman–Crippen LogP) is 4.80. The highest BCUT2D eigenvalue weighted by molar-refractivity contribution is 7.13. The van der Waals surface area contributed by atoms with E-state index in [1.165, 1.54) is 0 Å². The van der Waals surface area contributed by atoms with Crippen molar-refractivity contribution in [3.8, 4) is 16.6 Å². The lowest BCUT2D eigenvalue weighted by atomic mass is 10.1. The molecule has 0 aliphatic rings. The number of nitrogens with zero attached hydrogens (tertiary/aromatic N) is 4. The van der Waals surface area contributed by atoms with Gasteiger partial charge in [-0.05, 0) is 34.7 Å². The normalized spacial score (nSPS) is 10.5. The molecule has 148 valence electrons. The number of thiophene rings is 1. The second-order valence-corrected chi connectivity index (χ2v) is 7.97. The van der Waals surface area contributed by atoms with E-state index in [1.807, 2.05) is 76.9 Å². The topological polar surface area (TPSA) is 61.9 Å². The first-order valence-corrected chi connectivity index (χ1v) is 10.4. The number of nitriles is 1. The summed E-state index contributed by atoms with van der Waals surface area (Å²) in [7, 11) is 1.77. The van der Waals surface area contributed by atoms with Gasteiger partial charge in [0.25, 0.3) is 5.91 Å². The summed E-state index contributed by atoms with van der Waals surface area (Å²) in [4.78, 5) is 15.9. The van der Waals surface area contributed by atoms with Gasteiger partial charge in [0.15, 0.2) is 0 Å². The third-order valence-electron chi connectivity index (χ3n) is 4.76. The Kier molecular flexibility index (Phi) is 5.73. The van der Waals surface area contributed by atoms with Crippen molar-refractivity contribution in [3.63, 3.8) is 0 Å². The summed E-state index contributed by atoms with van der Waals surface area (Å²) in [6.45, 7) is 1.02. The van der Waals surface area contributed by atoms with Crippen LogP contribution in [0.25, 0.3) is 10.6 Å². The van der Waals surface area contributed by atoms with Crippen LogP contribution in [-0.4, -0.2) is 27.6 Å². The maximum Gasteiger partial charge on any atom is 0.257 e. The molecule has 0 unspecified atom stereocenters. The zero-order valence-corrected chi connectivity index (χ0v) is 17.3. The average molecular weight is 413 g/mol. The zero-order valence-electron chi connectivity index (χ0n) is 16.5. The molecule has 0 aliphatic carbocycles. The minimum atomic E-state index is -0.0972. The highest BCUT2D eigenvalue weighted by Gasteiger charge is 2.22. The number of carbonyl (C=O) groups is 1. The van der Waals surface area contributed by atoms with Gasteiger partial charge >= 0.3 is 0 Å². The molecule has 0 saturated heterocycles. The third kappa shape index (κ3) is 4.32. The average Bonchev–Trinajstić information content (AvgIpc) is 3.44. The van der Waals surface area contributed by atoms with Crippen LogP contribution in [0.5, 0.6) is 0 Å². The summed E-state index contributed by atoms with van der Waals surface area (Å²) in [5, 5.41) is 15.8. The first-order valence-electron chi connectivity index (χ1n) is 9.54. The summed E-state index contributed by atoms with van der Waals surface area (Å²) < 4.78 is 1.82. The van der Waals surface area contributed by atoms with Crippen LogP contribution >= 0.6 is 11.3 Å². The molecule has 30 heavy (non-hydrogen) atoms. The molecule has 4 rings (SSSR count). The van der Waals surface area contributed by atoms with Gasteiger partial charge in [-0.2, -0.15) is 10.4 Å². The van der Waals surface area contributed by atoms with Gasteiger partial charge in [0.2, 0.25) is 0 Å². The van der Waals surface area contributed by atoms with Crippen molar-refractivity contribution in [1.29, 1.82) is 5.26 Å². The molecular formula is C24H20N4OS. The van der Waals surface area contributed by atoms with Gasteiger partial charge in [0.05, 0.1) is 28.6 Å². The summed E-state index contributed by atoms with van der Waals surface area (Å²) in [6, 6.07) is 23.5. The molecule has 6 heteroatoms. The van der Waals surface area contributed by atoms with Crippen molar-refractivity contribution in [2.45, 2.75) is 13.1 Å². The third-order valence-corrected chi connectivity index (χ3v) is 5.63. The number of aromatic nitrogens is 2. The number of hydrogen-bond donors (Lipinski definition) is 0. The van der Waals surface area contributed by atoms with E-state index < -0.39 is 0 Å². The fourth-order valence-corrected chi connectivity index (χ4v) is 4.04. The Morgan fingerprint density at radius 3 is 2.63 bits per heavy atom. The van der Waals surface area contributed by atoms with Gasteiger partial charge < -0.3 is 4.90 Å². The summed E-state index contributed by atoms with van der Waals surface area (Å²) in [6.07, 6.45) is 1.83. The standard InChI is InChI=1S/C24H20N4OS/c1-27(15-20-10-5-9-19(13-20)14-25)24(29)21-17-28(16-18-7-3-2-4-8-18)26-23(21)22-11-6-12-30-22/h2-13,17H,15-16H2,1H3. The highest BCUT2D eigenvalue weighted by atomic mass is 32.1. The van der Waals surface area contributed by atoms with Crippen molar-refractivity contribution in [1.82, 2.24) is 14.7 Å². The fourth-order valence-electron chi connectivity index (χ4n) is 3.32. The van der Waals surface area contributed by atoms with Crippen LogP contribution in [0.3, 0.4) is 0 Å². The molecule has 2 aromatic carbocycles. The van der Waals surface area contributed by atoms with Crippen LogP contribution in [0.4, 0.5) is 0 Å². The largest absolute Gasteiger partial charge is 0.337 e. The molecule has 5 nitrogen and oxygen atoms in total. The van der Waals surface area contributed by atoms with Crippen LogP contribution < -0.4 is 0 Å². The van der Waals surface area contributed by atoms with Gasteiger partial charge in [0, 0.05) is 19.8 Å². The molecule has 0 bridgehead atoms. The van der Waals surface area contributed by atoms with Crippen LogP contribution in [0.1, 0.15) is 27.0 Å². The lowest BCUT2D eigenvalue weighted by Gasteiger charge is -2.17. The van der Waals surface area contributed by atoms with Crippen LogP contribution in [0, 0.1) is 11.3 Å². The van der Waals surface area contributed by atoms with Crippen LogP contribution in [0.2, 0.25) is 0 Å².